The maximum Gasteiger partial charge on any atom is 0.237 e. The summed E-state index contributed by atoms with van der Waals surface area (Å²) in [5.74, 6) is 0.926. The second kappa shape index (κ2) is 9.57. The highest BCUT2D eigenvalue weighted by molar-refractivity contribution is 8.00. The smallest absolute Gasteiger partial charge is 0.237 e. The Morgan fingerprint density at radius 2 is 1.95 bits per heavy atom. The van der Waals surface area contributed by atoms with Crippen LogP contribution in [0.15, 0.2) is 18.2 Å². The standard InChI is InChI=1S/C15H22Cl2N2OS/c1-4-19(5-2)8-9-21-11(3)15(20)18-12-6-7-13(16)14(17)10-12/h6-7,10-11H,4-5,8-9H2,1-3H3,(H,18,20). The molecule has 0 aromatic heterocycles. The van der Waals surface area contributed by atoms with Crippen LogP contribution in [-0.4, -0.2) is 41.4 Å². The number of carbonyl (C=O) groups excluding carboxylic acids is 1. The van der Waals surface area contributed by atoms with Crippen molar-refractivity contribution < 1.29 is 4.79 Å². The molecule has 0 bridgehead atoms. The van der Waals surface area contributed by atoms with Crippen molar-refractivity contribution in [2.24, 2.45) is 0 Å². The molecule has 0 aliphatic heterocycles. The van der Waals surface area contributed by atoms with Gasteiger partial charge in [-0.3, -0.25) is 4.79 Å². The van der Waals surface area contributed by atoms with Gasteiger partial charge in [-0.05, 0) is 38.2 Å². The summed E-state index contributed by atoms with van der Waals surface area (Å²) >= 11 is 13.4. The summed E-state index contributed by atoms with van der Waals surface area (Å²) in [6.07, 6.45) is 0. The Labute approximate surface area is 141 Å². The summed E-state index contributed by atoms with van der Waals surface area (Å²) in [6, 6.07) is 5.09. The molecule has 1 unspecified atom stereocenters. The molecule has 0 saturated carbocycles. The molecule has 118 valence electrons. The van der Waals surface area contributed by atoms with Gasteiger partial charge in [0.15, 0.2) is 0 Å². The van der Waals surface area contributed by atoms with Crippen LogP contribution in [0.5, 0.6) is 0 Å². The van der Waals surface area contributed by atoms with E-state index in [4.69, 9.17) is 23.2 Å². The van der Waals surface area contributed by atoms with Crippen LogP contribution < -0.4 is 5.32 Å². The molecule has 0 spiro atoms. The number of thioether (sulfide) groups is 1. The van der Waals surface area contributed by atoms with Crippen LogP contribution in [0.4, 0.5) is 5.69 Å². The number of benzene rings is 1. The number of anilines is 1. The van der Waals surface area contributed by atoms with Crippen LogP contribution in [0, 0.1) is 0 Å². The monoisotopic (exact) mass is 348 g/mol. The molecular weight excluding hydrogens is 327 g/mol. The number of hydrogen-bond donors (Lipinski definition) is 1. The van der Waals surface area contributed by atoms with Crippen molar-refractivity contribution in [1.29, 1.82) is 0 Å². The average molecular weight is 349 g/mol. The lowest BCUT2D eigenvalue weighted by Gasteiger charge is -2.19. The Balaban J connectivity index is 2.42. The minimum absolute atomic E-state index is 0.0158. The maximum atomic E-state index is 12.1. The summed E-state index contributed by atoms with van der Waals surface area (Å²) in [6.45, 7) is 9.30. The van der Waals surface area contributed by atoms with Crippen molar-refractivity contribution in [2.75, 3.05) is 30.7 Å². The zero-order chi connectivity index (χ0) is 15.8. The minimum atomic E-state index is -0.102. The Morgan fingerprint density at radius 3 is 2.52 bits per heavy atom. The fourth-order valence-electron chi connectivity index (χ4n) is 1.79. The quantitative estimate of drug-likeness (QED) is 0.755. The van der Waals surface area contributed by atoms with Gasteiger partial charge in [-0.15, -0.1) is 11.8 Å². The molecule has 1 N–H and O–H groups in total. The first-order valence-corrected chi connectivity index (χ1v) is 8.88. The van der Waals surface area contributed by atoms with Crippen molar-refractivity contribution in [1.82, 2.24) is 4.90 Å². The normalized spacial score (nSPS) is 12.5. The van der Waals surface area contributed by atoms with Crippen LogP contribution in [-0.2, 0) is 4.79 Å². The van der Waals surface area contributed by atoms with Crippen molar-refractivity contribution in [3.05, 3.63) is 28.2 Å². The number of amides is 1. The third kappa shape index (κ3) is 6.47. The first kappa shape index (κ1) is 18.6. The zero-order valence-electron chi connectivity index (χ0n) is 12.7. The maximum absolute atomic E-state index is 12.1. The van der Waals surface area contributed by atoms with Crippen molar-refractivity contribution in [3.8, 4) is 0 Å². The SMILES string of the molecule is CCN(CC)CCSC(C)C(=O)Nc1ccc(Cl)c(Cl)c1. The highest BCUT2D eigenvalue weighted by Crippen LogP contribution is 2.25. The number of carbonyl (C=O) groups is 1. The van der Waals surface area contributed by atoms with E-state index in [0.29, 0.717) is 15.7 Å². The first-order valence-electron chi connectivity index (χ1n) is 7.07. The first-order chi connectivity index (χ1) is 9.97. The van der Waals surface area contributed by atoms with E-state index in [9.17, 15) is 4.79 Å². The second-order valence-corrected chi connectivity index (χ2v) is 6.92. The number of nitrogens with zero attached hydrogens (tertiary/aromatic N) is 1. The molecule has 0 aliphatic carbocycles. The molecule has 1 aromatic carbocycles. The van der Waals surface area contributed by atoms with Gasteiger partial charge in [-0.1, -0.05) is 37.0 Å². The van der Waals surface area contributed by atoms with Gasteiger partial charge in [0, 0.05) is 18.0 Å². The molecule has 1 atom stereocenters. The van der Waals surface area contributed by atoms with E-state index in [1.807, 2.05) is 6.92 Å². The van der Waals surface area contributed by atoms with Gasteiger partial charge < -0.3 is 10.2 Å². The topological polar surface area (TPSA) is 32.3 Å². The van der Waals surface area contributed by atoms with Crippen LogP contribution in [0.2, 0.25) is 10.0 Å². The molecule has 3 nitrogen and oxygen atoms in total. The Bertz CT molecular complexity index is 467. The summed E-state index contributed by atoms with van der Waals surface area (Å²) in [4.78, 5) is 14.4. The van der Waals surface area contributed by atoms with E-state index in [1.165, 1.54) is 0 Å². The fraction of sp³-hybridized carbons (Fsp3) is 0.533. The summed E-state index contributed by atoms with van der Waals surface area (Å²) in [7, 11) is 0. The molecule has 6 heteroatoms. The van der Waals surface area contributed by atoms with Crippen LogP contribution in [0.25, 0.3) is 0 Å². The second-order valence-electron chi connectivity index (χ2n) is 4.66. The van der Waals surface area contributed by atoms with Gasteiger partial charge in [-0.25, -0.2) is 0 Å². The van der Waals surface area contributed by atoms with Crippen molar-refractivity contribution in [2.45, 2.75) is 26.0 Å². The minimum Gasteiger partial charge on any atom is -0.325 e. The largest absolute Gasteiger partial charge is 0.325 e. The Morgan fingerprint density at radius 1 is 1.29 bits per heavy atom. The molecule has 0 saturated heterocycles. The highest BCUT2D eigenvalue weighted by Gasteiger charge is 2.14. The van der Waals surface area contributed by atoms with Crippen molar-refractivity contribution in [3.63, 3.8) is 0 Å². The van der Waals surface area contributed by atoms with Gasteiger partial charge in [-0.2, -0.15) is 0 Å². The van der Waals surface area contributed by atoms with Gasteiger partial charge in [0.05, 0.1) is 15.3 Å². The summed E-state index contributed by atoms with van der Waals surface area (Å²) in [5, 5.41) is 3.68. The highest BCUT2D eigenvalue weighted by atomic mass is 35.5. The number of rotatable bonds is 8. The summed E-state index contributed by atoms with van der Waals surface area (Å²) in [5.41, 5.74) is 0.672. The Hall–Kier alpha value is -0.420. The van der Waals surface area contributed by atoms with Gasteiger partial charge in [0.1, 0.15) is 0 Å². The molecule has 0 aliphatic rings. The molecule has 0 fully saturated rings. The van der Waals surface area contributed by atoms with Crippen molar-refractivity contribution >= 4 is 46.6 Å². The fourth-order valence-corrected chi connectivity index (χ4v) is 3.02. The van der Waals surface area contributed by atoms with Gasteiger partial charge in [0.25, 0.3) is 0 Å². The van der Waals surface area contributed by atoms with Crippen LogP contribution in [0.1, 0.15) is 20.8 Å². The number of halogens is 2. The van der Waals surface area contributed by atoms with E-state index in [0.717, 1.165) is 25.4 Å². The third-order valence-electron chi connectivity index (χ3n) is 3.23. The van der Waals surface area contributed by atoms with Gasteiger partial charge >= 0.3 is 0 Å². The van der Waals surface area contributed by atoms with E-state index in [-0.39, 0.29) is 11.2 Å². The zero-order valence-corrected chi connectivity index (χ0v) is 15.0. The number of nitrogens with one attached hydrogen (secondary N) is 1. The van der Waals surface area contributed by atoms with E-state index >= 15 is 0 Å². The lowest BCUT2D eigenvalue weighted by molar-refractivity contribution is -0.115. The summed E-state index contributed by atoms with van der Waals surface area (Å²) < 4.78 is 0. The average Bonchev–Trinajstić information content (AvgIpc) is 2.47. The predicted octanol–water partition coefficient (Wildman–Crippen LogP) is 4.40. The van der Waals surface area contributed by atoms with E-state index in [2.05, 4.69) is 24.1 Å². The van der Waals surface area contributed by atoms with Crippen LogP contribution in [0.3, 0.4) is 0 Å². The molecule has 21 heavy (non-hydrogen) atoms. The lowest BCUT2D eigenvalue weighted by atomic mass is 10.3. The molecule has 0 heterocycles. The Kier molecular flexibility index (Phi) is 8.49. The molecule has 1 amide bonds. The molecule has 1 rings (SSSR count). The third-order valence-corrected chi connectivity index (χ3v) is 5.10. The van der Waals surface area contributed by atoms with Crippen LogP contribution >= 0.6 is 35.0 Å². The molecular formula is C15H22Cl2N2OS. The van der Waals surface area contributed by atoms with Gasteiger partial charge in [0.2, 0.25) is 5.91 Å². The number of hydrogen-bond acceptors (Lipinski definition) is 3. The molecule has 0 radical (unpaired) electrons. The van der Waals surface area contributed by atoms with E-state index < -0.39 is 0 Å². The lowest BCUT2D eigenvalue weighted by Crippen LogP contribution is -2.28. The van der Waals surface area contributed by atoms with E-state index in [1.54, 1.807) is 30.0 Å². The molecule has 1 aromatic rings. The predicted molar refractivity (Wildman–Crippen MR) is 94.8 cm³/mol.